The molecule has 0 aromatic carbocycles. The fourth-order valence-electron chi connectivity index (χ4n) is 2.39. The molecule has 2 aliphatic heterocycles. The first-order valence-electron chi connectivity index (χ1n) is 5.63. The Morgan fingerprint density at radius 2 is 2.38 bits per heavy atom. The minimum atomic E-state index is -2.32. The van der Waals surface area contributed by atoms with Crippen LogP contribution in [0.5, 0.6) is 0 Å². The van der Waals surface area contributed by atoms with Gasteiger partial charge in [0.05, 0.1) is 6.04 Å². The van der Waals surface area contributed by atoms with E-state index in [-0.39, 0.29) is 10.5 Å². The first-order chi connectivity index (χ1) is 7.65. The minimum absolute atomic E-state index is 0.164. The summed E-state index contributed by atoms with van der Waals surface area (Å²) in [6, 6.07) is -0.763. The lowest BCUT2D eigenvalue weighted by molar-refractivity contribution is 0.112. The maximum atomic E-state index is 13.0. The third-order valence-electron chi connectivity index (χ3n) is 3.05. The van der Waals surface area contributed by atoms with Crippen LogP contribution in [0.25, 0.3) is 0 Å². The largest absolute Gasteiger partial charge is 0.305 e. The highest BCUT2D eigenvalue weighted by molar-refractivity contribution is 8.20. The van der Waals surface area contributed by atoms with Crippen LogP contribution in [0.3, 0.4) is 0 Å². The topological polar surface area (TPSA) is 12.0 Å². The molecule has 0 bridgehead atoms. The molecule has 16 heavy (non-hydrogen) atoms. The second-order valence-corrected chi connectivity index (χ2v) is 5.76. The van der Waals surface area contributed by atoms with E-state index >= 15 is 0 Å². The molecule has 90 valence electrons. The number of hydrogen-bond acceptors (Lipinski definition) is 1. The molecular weight excluding hydrogens is 228 g/mol. The van der Waals surface area contributed by atoms with E-state index in [0.717, 1.165) is 35.3 Å². The van der Waals surface area contributed by atoms with Crippen LogP contribution in [0.2, 0.25) is 0 Å². The maximum absolute atomic E-state index is 13.0. The van der Waals surface area contributed by atoms with Gasteiger partial charge in [-0.25, -0.2) is 8.78 Å². The molecule has 0 aromatic rings. The van der Waals surface area contributed by atoms with Gasteiger partial charge in [0.25, 0.3) is 6.43 Å². The van der Waals surface area contributed by atoms with E-state index in [2.05, 4.69) is 23.5 Å². The van der Waals surface area contributed by atoms with Gasteiger partial charge in [0.15, 0.2) is 0 Å². The van der Waals surface area contributed by atoms with Gasteiger partial charge in [-0.1, -0.05) is 19.2 Å². The fourth-order valence-corrected chi connectivity index (χ4v) is 4.02. The summed E-state index contributed by atoms with van der Waals surface area (Å²) >= 11 is 0. The van der Waals surface area contributed by atoms with Gasteiger partial charge in [0.2, 0.25) is 0 Å². The summed E-state index contributed by atoms with van der Waals surface area (Å²) in [5.74, 6) is 4.07. The molecule has 0 spiro atoms. The van der Waals surface area contributed by atoms with Crippen molar-refractivity contribution < 1.29 is 8.78 Å². The Morgan fingerprint density at radius 1 is 1.62 bits per heavy atom. The molecule has 2 aliphatic rings. The Morgan fingerprint density at radius 3 is 3.00 bits per heavy atom. The normalized spacial score (nSPS) is 29.6. The minimum Gasteiger partial charge on any atom is -0.305 e. The first kappa shape index (κ1) is 12.0. The van der Waals surface area contributed by atoms with Gasteiger partial charge in [0, 0.05) is 6.54 Å². The van der Waals surface area contributed by atoms with Crippen molar-refractivity contribution >= 4 is 16.4 Å². The smallest absolute Gasteiger partial charge is 0.257 e. The maximum Gasteiger partial charge on any atom is 0.257 e. The molecule has 0 aromatic heterocycles. The zero-order chi connectivity index (χ0) is 11.7. The lowest BCUT2D eigenvalue weighted by Gasteiger charge is -2.27. The molecule has 0 fully saturated rings. The number of nitrogens with one attached hydrogen (secondary N) is 1. The van der Waals surface area contributed by atoms with E-state index in [0.29, 0.717) is 6.54 Å². The molecule has 1 nitrogen and oxygen atoms in total. The average Bonchev–Trinajstić information content (AvgIpc) is 2.57. The molecule has 2 rings (SSSR count). The summed E-state index contributed by atoms with van der Waals surface area (Å²) in [6.07, 6.45) is 0.439. The van der Waals surface area contributed by atoms with Gasteiger partial charge in [-0.3, -0.25) is 0 Å². The van der Waals surface area contributed by atoms with Crippen LogP contribution in [0.4, 0.5) is 8.78 Å². The molecular formula is C12H17F2NS. The number of halogens is 2. The lowest BCUT2D eigenvalue weighted by Crippen LogP contribution is -2.41. The van der Waals surface area contributed by atoms with Crippen molar-refractivity contribution in [3.63, 3.8) is 0 Å². The molecule has 2 unspecified atom stereocenters. The second-order valence-electron chi connectivity index (χ2n) is 4.18. The summed E-state index contributed by atoms with van der Waals surface area (Å²) in [6.45, 7) is 2.73. The first-order valence-corrected chi connectivity index (χ1v) is 7.09. The summed E-state index contributed by atoms with van der Waals surface area (Å²) in [5, 5.41) is 5.02. The standard InChI is InChI=1S/C12H17F2NS/c1-3-4-8-7-16(2)9-5-6-15-11(10(8)9)12(13)14/h7,11-12,15H,2-6H2,1H3. The van der Waals surface area contributed by atoms with Crippen molar-refractivity contribution in [1.82, 2.24) is 5.32 Å². The second kappa shape index (κ2) is 4.80. The average molecular weight is 245 g/mol. The Bertz CT molecular complexity index is 371. The summed E-state index contributed by atoms with van der Waals surface area (Å²) < 4.78 is 25.9. The van der Waals surface area contributed by atoms with Crippen LogP contribution in [-0.2, 0) is 0 Å². The highest BCUT2D eigenvalue weighted by Gasteiger charge is 2.34. The molecule has 2 atom stereocenters. The molecule has 4 heteroatoms. The zero-order valence-electron chi connectivity index (χ0n) is 9.43. The number of alkyl halides is 2. The molecule has 0 saturated heterocycles. The fraction of sp³-hybridized carbons (Fsp3) is 0.583. The van der Waals surface area contributed by atoms with Crippen LogP contribution in [0, 0.1) is 0 Å². The van der Waals surface area contributed by atoms with Gasteiger partial charge in [-0.2, -0.15) is 0 Å². The Labute approximate surface area is 97.5 Å². The quantitative estimate of drug-likeness (QED) is 0.752. The molecule has 1 N–H and O–H groups in total. The van der Waals surface area contributed by atoms with E-state index in [1.165, 1.54) is 0 Å². The van der Waals surface area contributed by atoms with Crippen molar-refractivity contribution in [3.05, 3.63) is 21.5 Å². The predicted octanol–water partition coefficient (Wildman–Crippen LogP) is 3.27. The van der Waals surface area contributed by atoms with Crippen LogP contribution in [0.15, 0.2) is 21.5 Å². The predicted molar refractivity (Wildman–Crippen MR) is 67.1 cm³/mol. The van der Waals surface area contributed by atoms with E-state index in [1.807, 2.05) is 0 Å². The molecule has 0 amide bonds. The Kier molecular flexibility index (Phi) is 3.60. The van der Waals surface area contributed by atoms with Gasteiger partial charge in [-0.05, 0) is 34.3 Å². The molecule has 0 saturated carbocycles. The van der Waals surface area contributed by atoms with Gasteiger partial charge >= 0.3 is 0 Å². The van der Waals surface area contributed by atoms with Crippen molar-refractivity contribution in [2.45, 2.75) is 38.7 Å². The van der Waals surface area contributed by atoms with Gasteiger partial charge < -0.3 is 5.32 Å². The summed E-state index contributed by atoms with van der Waals surface area (Å²) in [7, 11) is -0.164. The third kappa shape index (κ3) is 2.00. The molecule has 0 aliphatic carbocycles. The van der Waals surface area contributed by atoms with E-state index in [1.54, 1.807) is 0 Å². The molecule has 0 radical (unpaired) electrons. The van der Waals surface area contributed by atoms with Crippen LogP contribution in [0.1, 0.15) is 26.2 Å². The van der Waals surface area contributed by atoms with Gasteiger partial charge in [-0.15, -0.1) is 10.5 Å². The highest BCUT2D eigenvalue weighted by atomic mass is 32.2. The Hall–Kier alpha value is -0.480. The summed E-state index contributed by atoms with van der Waals surface area (Å²) in [4.78, 5) is 1.16. The zero-order valence-corrected chi connectivity index (χ0v) is 10.2. The SMILES string of the molecule is C=S1C=C(CCC)C2=C1CCNC2C(F)F. The van der Waals surface area contributed by atoms with Crippen LogP contribution in [-0.4, -0.2) is 24.9 Å². The monoisotopic (exact) mass is 245 g/mol. The van der Waals surface area contributed by atoms with E-state index in [9.17, 15) is 8.78 Å². The van der Waals surface area contributed by atoms with E-state index < -0.39 is 12.5 Å². The number of rotatable bonds is 3. The van der Waals surface area contributed by atoms with Crippen molar-refractivity contribution in [1.29, 1.82) is 0 Å². The Balaban J connectivity index is 2.35. The lowest BCUT2D eigenvalue weighted by atomic mass is 9.93. The third-order valence-corrected chi connectivity index (χ3v) is 4.67. The number of hydrogen-bond donors (Lipinski definition) is 1. The van der Waals surface area contributed by atoms with Gasteiger partial charge in [0.1, 0.15) is 0 Å². The highest BCUT2D eigenvalue weighted by Crippen LogP contribution is 2.46. The summed E-state index contributed by atoms with van der Waals surface area (Å²) in [5.41, 5.74) is 1.98. The molecule has 2 heterocycles. The van der Waals surface area contributed by atoms with E-state index in [4.69, 9.17) is 0 Å². The van der Waals surface area contributed by atoms with Crippen molar-refractivity contribution in [2.75, 3.05) is 6.54 Å². The van der Waals surface area contributed by atoms with Crippen molar-refractivity contribution in [3.8, 4) is 0 Å². The van der Waals surface area contributed by atoms with Crippen molar-refractivity contribution in [2.24, 2.45) is 0 Å². The van der Waals surface area contributed by atoms with Crippen LogP contribution < -0.4 is 5.32 Å². The van der Waals surface area contributed by atoms with Crippen LogP contribution >= 0.6 is 10.5 Å².